The molecular formula is C16H15F2N3O6S2. The van der Waals surface area contributed by atoms with Gasteiger partial charge in [0.15, 0.2) is 11.5 Å². The molecule has 29 heavy (non-hydrogen) atoms. The van der Waals surface area contributed by atoms with Gasteiger partial charge in [-0.2, -0.15) is 4.31 Å². The van der Waals surface area contributed by atoms with Crippen molar-refractivity contribution in [2.75, 3.05) is 31.7 Å². The summed E-state index contributed by atoms with van der Waals surface area (Å²) in [5.41, 5.74) is 4.81. The molecule has 2 aliphatic heterocycles. The lowest BCUT2D eigenvalue weighted by Gasteiger charge is -2.26. The van der Waals surface area contributed by atoms with Gasteiger partial charge < -0.3 is 14.2 Å². The van der Waals surface area contributed by atoms with Crippen LogP contribution in [0.2, 0.25) is 0 Å². The summed E-state index contributed by atoms with van der Waals surface area (Å²) in [7, 11) is -3.87. The minimum absolute atomic E-state index is 0.0298. The third kappa shape index (κ3) is 3.85. The molecule has 13 heteroatoms. The maximum Gasteiger partial charge on any atom is 0.586 e. The number of halogens is 2. The lowest BCUT2D eigenvalue weighted by Crippen LogP contribution is -2.41. The van der Waals surface area contributed by atoms with Crippen molar-refractivity contribution in [1.82, 2.24) is 9.73 Å². The van der Waals surface area contributed by atoms with Gasteiger partial charge in [-0.15, -0.1) is 20.1 Å². The van der Waals surface area contributed by atoms with Crippen LogP contribution >= 0.6 is 11.3 Å². The van der Waals surface area contributed by atoms with E-state index < -0.39 is 22.2 Å². The first kappa shape index (κ1) is 19.8. The molecule has 0 saturated carbocycles. The number of anilines is 1. The molecule has 2 N–H and O–H groups in total. The van der Waals surface area contributed by atoms with Crippen LogP contribution in [0.25, 0.3) is 0 Å². The average molecular weight is 447 g/mol. The lowest BCUT2D eigenvalue weighted by atomic mass is 10.3. The number of carbonyl (C=O) groups is 1. The Balaban J connectivity index is 1.51. The number of rotatable bonds is 5. The van der Waals surface area contributed by atoms with Gasteiger partial charge in [0.25, 0.3) is 5.91 Å². The Morgan fingerprint density at radius 2 is 1.93 bits per heavy atom. The summed E-state index contributed by atoms with van der Waals surface area (Å²) in [6, 6.07) is 5.46. The van der Waals surface area contributed by atoms with E-state index in [1.165, 1.54) is 34.0 Å². The second kappa shape index (κ2) is 7.40. The first-order chi connectivity index (χ1) is 13.8. The summed E-state index contributed by atoms with van der Waals surface area (Å²) < 4.78 is 67.4. The Bertz CT molecular complexity index is 1040. The Kier molecular flexibility index (Phi) is 5.06. The van der Waals surface area contributed by atoms with Crippen molar-refractivity contribution in [3.8, 4) is 11.5 Å². The molecule has 1 fully saturated rings. The highest BCUT2D eigenvalue weighted by Crippen LogP contribution is 2.45. The van der Waals surface area contributed by atoms with Crippen molar-refractivity contribution in [3.63, 3.8) is 0 Å². The van der Waals surface area contributed by atoms with E-state index in [1.807, 2.05) is 0 Å². The van der Waals surface area contributed by atoms with E-state index >= 15 is 0 Å². The number of hydrazine groups is 1. The van der Waals surface area contributed by atoms with Crippen LogP contribution in [0.15, 0.2) is 34.5 Å². The fourth-order valence-corrected chi connectivity index (χ4v) is 5.54. The number of sulfonamides is 1. The van der Waals surface area contributed by atoms with Gasteiger partial charge in [0.2, 0.25) is 10.0 Å². The Labute approximate surface area is 168 Å². The van der Waals surface area contributed by atoms with Crippen molar-refractivity contribution in [1.29, 1.82) is 0 Å². The molecule has 2 aromatic rings. The Hall–Kier alpha value is -2.48. The molecule has 1 aromatic carbocycles. The minimum Gasteiger partial charge on any atom is -0.395 e. The number of alkyl halides is 2. The number of amides is 1. The zero-order valence-corrected chi connectivity index (χ0v) is 16.3. The fraction of sp³-hybridized carbons (Fsp3) is 0.312. The predicted molar refractivity (Wildman–Crippen MR) is 97.6 cm³/mol. The standard InChI is InChI=1S/C16H15F2N3O6S2/c17-16(18)26-11-3-1-2-10(13(11)27-16)19-20-15(22)14-12(4-9-28-14)29(23,24)21-5-7-25-8-6-21/h1-4,9,19H,5-8H2,(H,20,22). The molecule has 0 radical (unpaired) electrons. The van der Waals surface area contributed by atoms with Crippen molar-refractivity contribution < 1.29 is 36.2 Å². The fourth-order valence-electron chi connectivity index (χ4n) is 2.84. The molecule has 3 heterocycles. The van der Waals surface area contributed by atoms with Crippen molar-refractivity contribution in [2.45, 2.75) is 11.2 Å². The van der Waals surface area contributed by atoms with Crippen molar-refractivity contribution in [3.05, 3.63) is 34.5 Å². The third-order valence-electron chi connectivity index (χ3n) is 4.16. The molecular weight excluding hydrogens is 432 g/mol. The topological polar surface area (TPSA) is 106 Å². The Morgan fingerprint density at radius 3 is 2.69 bits per heavy atom. The zero-order chi connectivity index (χ0) is 20.6. The van der Waals surface area contributed by atoms with Crippen LogP contribution in [0.5, 0.6) is 11.5 Å². The average Bonchev–Trinajstić information content (AvgIpc) is 3.30. The molecule has 4 rings (SSSR count). The van der Waals surface area contributed by atoms with E-state index in [0.717, 1.165) is 11.3 Å². The first-order valence-electron chi connectivity index (χ1n) is 8.38. The van der Waals surface area contributed by atoms with E-state index in [9.17, 15) is 22.0 Å². The number of fused-ring (bicyclic) bond motifs is 1. The molecule has 0 spiro atoms. The van der Waals surface area contributed by atoms with E-state index in [4.69, 9.17) is 4.74 Å². The molecule has 9 nitrogen and oxygen atoms in total. The molecule has 0 bridgehead atoms. The van der Waals surface area contributed by atoms with Crippen LogP contribution < -0.4 is 20.3 Å². The highest BCUT2D eigenvalue weighted by molar-refractivity contribution is 7.89. The number of hydrogen-bond donors (Lipinski definition) is 2. The molecule has 0 unspecified atom stereocenters. The molecule has 2 aliphatic rings. The number of carbonyl (C=O) groups excluding carboxylic acids is 1. The summed E-state index contributed by atoms with van der Waals surface area (Å²) in [5.74, 6) is -1.21. The SMILES string of the molecule is O=C(NNc1cccc2c1OC(F)(F)O2)c1sccc1S(=O)(=O)N1CCOCC1. The van der Waals surface area contributed by atoms with Gasteiger partial charge >= 0.3 is 6.29 Å². The molecule has 156 valence electrons. The van der Waals surface area contributed by atoms with Crippen LogP contribution in [0.4, 0.5) is 14.5 Å². The maximum atomic E-state index is 13.3. The summed E-state index contributed by atoms with van der Waals surface area (Å²) in [4.78, 5) is 12.4. The van der Waals surface area contributed by atoms with Crippen LogP contribution in [0.3, 0.4) is 0 Å². The van der Waals surface area contributed by atoms with Gasteiger partial charge in [0, 0.05) is 13.1 Å². The number of ether oxygens (including phenoxy) is 3. The summed E-state index contributed by atoms with van der Waals surface area (Å²) >= 11 is 0.944. The largest absolute Gasteiger partial charge is 0.586 e. The van der Waals surface area contributed by atoms with Gasteiger partial charge in [-0.25, -0.2) is 8.42 Å². The van der Waals surface area contributed by atoms with Crippen molar-refractivity contribution in [2.24, 2.45) is 0 Å². The lowest BCUT2D eigenvalue weighted by molar-refractivity contribution is -0.286. The molecule has 0 atom stereocenters. The summed E-state index contributed by atoms with van der Waals surface area (Å²) in [6.45, 7) is 0.939. The van der Waals surface area contributed by atoms with E-state index in [0.29, 0.717) is 0 Å². The quantitative estimate of drug-likeness (QED) is 0.674. The number of nitrogens with one attached hydrogen (secondary N) is 2. The van der Waals surface area contributed by atoms with Gasteiger partial charge in [-0.1, -0.05) is 6.07 Å². The van der Waals surface area contributed by atoms with Crippen LogP contribution in [-0.4, -0.2) is 51.2 Å². The number of benzene rings is 1. The normalized spacial score (nSPS) is 18.4. The number of para-hydroxylation sites is 1. The predicted octanol–water partition coefficient (Wildman–Crippen LogP) is 1.85. The zero-order valence-electron chi connectivity index (χ0n) is 14.7. The second-order valence-electron chi connectivity index (χ2n) is 6.01. The highest BCUT2D eigenvalue weighted by Gasteiger charge is 2.44. The molecule has 1 aromatic heterocycles. The number of morpholine rings is 1. The van der Waals surface area contributed by atoms with Crippen LogP contribution in [0.1, 0.15) is 9.67 Å². The molecule has 1 amide bonds. The number of nitrogens with zero attached hydrogens (tertiary/aromatic N) is 1. The van der Waals surface area contributed by atoms with Gasteiger partial charge in [0.05, 0.1) is 13.2 Å². The number of hydrogen-bond acceptors (Lipinski definition) is 8. The van der Waals surface area contributed by atoms with E-state index in [1.54, 1.807) is 0 Å². The molecule has 1 saturated heterocycles. The third-order valence-corrected chi connectivity index (χ3v) is 7.15. The van der Waals surface area contributed by atoms with E-state index in [-0.39, 0.29) is 53.3 Å². The summed E-state index contributed by atoms with van der Waals surface area (Å²) in [6.07, 6.45) is -3.81. The smallest absolute Gasteiger partial charge is 0.395 e. The van der Waals surface area contributed by atoms with Crippen LogP contribution in [0, 0.1) is 0 Å². The van der Waals surface area contributed by atoms with Crippen molar-refractivity contribution >= 4 is 33.0 Å². The maximum absolute atomic E-state index is 13.3. The summed E-state index contributed by atoms with van der Waals surface area (Å²) in [5, 5.41) is 1.49. The van der Waals surface area contributed by atoms with Gasteiger partial charge in [-0.05, 0) is 23.6 Å². The number of thiophene rings is 1. The van der Waals surface area contributed by atoms with Gasteiger partial charge in [0.1, 0.15) is 15.5 Å². The monoisotopic (exact) mass is 447 g/mol. The minimum atomic E-state index is -3.87. The first-order valence-corrected chi connectivity index (χ1v) is 10.7. The second-order valence-corrected chi connectivity index (χ2v) is 8.83. The highest BCUT2D eigenvalue weighted by atomic mass is 32.2. The van der Waals surface area contributed by atoms with E-state index in [2.05, 4.69) is 20.3 Å². The Morgan fingerprint density at radius 1 is 1.17 bits per heavy atom. The molecule has 0 aliphatic carbocycles. The van der Waals surface area contributed by atoms with Gasteiger partial charge in [-0.3, -0.25) is 15.6 Å². The van der Waals surface area contributed by atoms with Crippen LogP contribution in [-0.2, 0) is 14.8 Å².